The van der Waals surface area contributed by atoms with Crippen LogP contribution in [0.3, 0.4) is 0 Å². The third-order valence-corrected chi connectivity index (χ3v) is 5.13. The van der Waals surface area contributed by atoms with Crippen molar-refractivity contribution >= 4 is 15.9 Å². The molecule has 5 nitrogen and oxygen atoms in total. The molecule has 2 unspecified atom stereocenters. The van der Waals surface area contributed by atoms with Gasteiger partial charge in [-0.15, -0.1) is 0 Å². The van der Waals surface area contributed by atoms with Crippen LogP contribution < -0.4 is 5.32 Å². The lowest BCUT2D eigenvalue weighted by molar-refractivity contribution is -0.126. The summed E-state index contributed by atoms with van der Waals surface area (Å²) in [6, 6.07) is 8.93. The predicted molar refractivity (Wildman–Crippen MR) is 82.2 cm³/mol. The van der Waals surface area contributed by atoms with E-state index in [1.54, 1.807) is 0 Å². The maximum absolute atomic E-state index is 12.4. The van der Waals surface area contributed by atoms with E-state index in [0.717, 1.165) is 18.4 Å². The third kappa shape index (κ3) is 4.04. The first-order valence-electron chi connectivity index (χ1n) is 7.22. The van der Waals surface area contributed by atoms with Crippen molar-refractivity contribution in [3.8, 4) is 0 Å². The zero-order chi connectivity index (χ0) is 15.5. The summed E-state index contributed by atoms with van der Waals surface area (Å²) >= 11 is 0. The number of benzene rings is 1. The number of rotatable bonds is 4. The number of amides is 1. The number of piperidine rings is 1. The van der Waals surface area contributed by atoms with Gasteiger partial charge in [-0.05, 0) is 25.3 Å². The lowest BCUT2D eigenvalue weighted by Gasteiger charge is -2.33. The Morgan fingerprint density at radius 3 is 2.57 bits per heavy atom. The van der Waals surface area contributed by atoms with Gasteiger partial charge in [0.15, 0.2) is 0 Å². The van der Waals surface area contributed by atoms with Gasteiger partial charge in [-0.2, -0.15) is 4.31 Å². The van der Waals surface area contributed by atoms with Crippen molar-refractivity contribution in [1.82, 2.24) is 9.62 Å². The summed E-state index contributed by atoms with van der Waals surface area (Å²) in [5.41, 5.74) is 1.01. The fourth-order valence-corrected chi connectivity index (χ4v) is 3.82. The molecular formula is C15H22N2O3S. The van der Waals surface area contributed by atoms with Crippen LogP contribution in [-0.4, -0.2) is 37.5 Å². The van der Waals surface area contributed by atoms with Gasteiger partial charge in [0.1, 0.15) is 6.04 Å². The van der Waals surface area contributed by atoms with Crippen molar-refractivity contribution in [3.63, 3.8) is 0 Å². The van der Waals surface area contributed by atoms with E-state index in [4.69, 9.17) is 0 Å². The van der Waals surface area contributed by atoms with Crippen LogP contribution in [0, 0.1) is 0 Å². The number of nitrogens with zero attached hydrogens (tertiary/aromatic N) is 1. The SMILES string of the molecule is CC(NC(=O)C1CCCCN1S(C)(=O)=O)c1ccccc1. The number of sulfonamides is 1. The first kappa shape index (κ1) is 16.0. The highest BCUT2D eigenvalue weighted by atomic mass is 32.2. The highest BCUT2D eigenvalue weighted by Gasteiger charge is 2.34. The predicted octanol–water partition coefficient (Wildman–Crippen LogP) is 1.68. The molecule has 1 fully saturated rings. The molecule has 1 aliphatic heterocycles. The Labute approximate surface area is 126 Å². The second-order valence-corrected chi connectivity index (χ2v) is 7.46. The first-order chi connectivity index (χ1) is 9.89. The summed E-state index contributed by atoms with van der Waals surface area (Å²) < 4.78 is 24.9. The van der Waals surface area contributed by atoms with Crippen LogP contribution in [0.15, 0.2) is 30.3 Å². The molecule has 0 aromatic heterocycles. The standard InChI is InChI=1S/C15H22N2O3S/c1-12(13-8-4-3-5-9-13)16-15(18)14-10-6-7-11-17(14)21(2,19)20/h3-5,8-9,12,14H,6-7,10-11H2,1-2H3,(H,16,18). The summed E-state index contributed by atoms with van der Waals surface area (Å²) in [5, 5.41) is 2.92. The minimum absolute atomic E-state index is 0.137. The van der Waals surface area contributed by atoms with E-state index in [-0.39, 0.29) is 11.9 Å². The van der Waals surface area contributed by atoms with E-state index >= 15 is 0 Å². The van der Waals surface area contributed by atoms with Crippen LogP contribution in [0.25, 0.3) is 0 Å². The van der Waals surface area contributed by atoms with Crippen molar-refractivity contribution < 1.29 is 13.2 Å². The van der Waals surface area contributed by atoms with Gasteiger partial charge in [-0.25, -0.2) is 8.42 Å². The van der Waals surface area contributed by atoms with E-state index in [1.807, 2.05) is 37.3 Å². The van der Waals surface area contributed by atoms with Gasteiger partial charge < -0.3 is 5.32 Å². The maximum Gasteiger partial charge on any atom is 0.238 e. The highest BCUT2D eigenvalue weighted by Crippen LogP contribution is 2.21. The summed E-state index contributed by atoms with van der Waals surface area (Å²) in [4.78, 5) is 12.4. The van der Waals surface area contributed by atoms with E-state index in [1.165, 1.54) is 10.6 Å². The summed E-state index contributed by atoms with van der Waals surface area (Å²) in [6.07, 6.45) is 3.44. The van der Waals surface area contributed by atoms with Crippen LogP contribution >= 0.6 is 0 Å². The Bertz CT molecular complexity index is 586. The molecule has 1 heterocycles. The van der Waals surface area contributed by atoms with Gasteiger partial charge in [0.2, 0.25) is 15.9 Å². The lowest BCUT2D eigenvalue weighted by atomic mass is 10.0. The van der Waals surface area contributed by atoms with Gasteiger partial charge in [0.25, 0.3) is 0 Å². The third-order valence-electron chi connectivity index (χ3n) is 3.84. The van der Waals surface area contributed by atoms with E-state index < -0.39 is 16.1 Å². The molecule has 1 aromatic rings. The van der Waals surface area contributed by atoms with E-state index in [0.29, 0.717) is 13.0 Å². The minimum atomic E-state index is -3.35. The molecule has 2 atom stereocenters. The number of hydrogen-bond donors (Lipinski definition) is 1. The largest absolute Gasteiger partial charge is 0.348 e. The Morgan fingerprint density at radius 2 is 1.95 bits per heavy atom. The van der Waals surface area contributed by atoms with Crippen LogP contribution in [0.5, 0.6) is 0 Å². The number of carbonyl (C=O) groups excluding carboxylic acids is 1. The van der Waals surface area contributed by atoms with Gasteiger partial charge in [0.05, 0.1) is 12.3 Å². The molecule has 1 aliphatic rings. The zero-order valence-electron chi connectivity index (χ0n) is 12.5. The van der Waals surface area contributed by atoms with Crippen molar-refractivity contribution in [3.05, 3.63) is 35.9 Å². The Hall–Kier alpha value is -1.40. The normalized spacial score (nSPS) is 21.7. The average molecular weight is 310 g/mol. The average Bonchev–Trinajstić information content (AvgIpc) is 2.47. The summed E-state index contributed by atoms with van der Waals surface area (Å²) in [5.74, 6) is -0.212. The number of hydrogen-bond acceptors (Lipinski definition) is 3. The molecule has 116 valence electrons. The highest BCUT2D eigenvalue weighted by molar-refractivity contribution is 7.88. The Balaban J connectivity index is 2.08. The molecule has 1 aromatic carbocycles. The lowest BCUT2D eigenvalue weighted by Crippen LogP contribution is -2.51. The van der Waals surface area contributed by atoms with Crippen LogP contribution in [0.4, 0.5) is 0 Å². The molecule has 0 radical (unpaired) electrons. The Morgan fingerprint density at radius 1 is 1.29 bits per heavy atom. The minimum Gasteiger partial charge on any atom is -0.348 e. The summed E-state index contributed by atoms with van der Waals surface area (Å²) in [7, 11) is -3.35. The first-order valence-corrected chi connectivity index (χ1v) is 9.06. The molecule has 2 rings (SSSR count). The van der Waals surface area contributed by atoms with Crippen molar-refractivity contribution in [2.45, 2.75) is 38.3 Å². The molecule has 0 saturated carbocycles. The fraction of sp³-hybridized carbons (Fsp3) is 0.533. The molecule has 0 spiro atoms. The number of nitrogens with one attached hydrogen (secondary N) is 1. The van der Waals surface area contributed by atoms with E-state index in [9.17, 15) is 13.2 Å². The second kappa shape index (κ2) is 6.58. The number of carbonyl (C=O) groups is 1. The quantitative estimate of drug-likeness (QED) is 0.920. The van der Waals surface area contributed by atoms with Crippen LogP contribution in [0.2, 0.25) is 0 Å². The molecule has 6 heteroatoms. The summed E-state index contributed by atoms with van der Waals surface area (Å²) in [6.45, 7) is 2.33. The molecule has 1 saturated heterocycles. The molecular weight excluding hydrogens is 288 g/mol. The maximum atomic E-state index is 12.4. The van der Waals surface area contributed by atoms with Gasteiger partial charge >= 0.3 is 0 Å². The van der Waals surface area contributed by atoms with Gasteiger partial charge in [0, 0.05) is 6.54 Å². The molecule has 0 aliphatic carbocycles. The molecule has 21 heavy (non-hydrogen) atoms. The van der Waals surface area contributed by atoms with Crippen molar-refractivity contribution in [1.29, 1.82) is 0 Å². The molecule has 1 amide bonds. The Kier molecular flexibility index (Phi) is 5.00. The van der Waals surface area contributed by atoms with Crippen molar-refractivity contribution in [2.24, 2.45) is 0 Å². The fourth-order valence-electron chi connectivity index (χ4n) is 2.70. The van der Waals surface area contributed by atoms with Crippen molar-refractivity contribution in [2.75, 3.05) is 12.8 Å². The van der Waals surface area contributed by atoms with E-state index in [2.05, 4.69) is 5.32 Å². The monoisotopic (exact) mass is 310 g/mol. The zero-order valence-corrected chi connectivity index (χ0v) is 13.3. The van der Waals surface area contributed by atoms with Crippen LogP contribution in [0.1, 0.15) is 37.8 Å². The smallest absolute Gasteiger partial charge is 0.238 e. The topological polar surface area (TPSA) is 66.5 Å². The molecule has 1 N–H and O–H groups in total. The second-order valence-electron chi connectivity index (χ2n) is 5.53. The van der Waals surface area contributed by atoms with Crippen LogP contribution in [-0.2, 0) is 14.8 Å². The van der Waals surface area contributed by atoms with Gasteiger partial charge in [-0.1, -0.05) is 36.8 Å². The molecule has 0 bridgehead atoms. The van der Waals surface area contributed by atoms with Gasteiger partial charge in [-0.3, -0.25) is 4.79 Å².